The third-order valence-electron chi connectivity index (χ3n) is 4.90. The zero-order chi connectivity index (χ0) is 19.2. The van der Waals surface area contributed by atoms with Crippen LogP contribution in [0.5, 0.6) is 0 Å². The van der Waals surface area contributed by atoms with Gasteiger partial charge >= 0.3 is 0 Å². The van der Waals surface area contributed by atoms with Crippen molar-refractivity contribution in [2.45, 2.75) is 32.2 Å². The molecule has 0 radical (unpaired) electrons. The Morgan fingerprint density at radius 2 is 1.78 bits per heavy atom. The van der Waals surface area contributed by atoms with Crippen molar-refractivity contribution in [3.05, 3.63) is 105 Å². The van der Waals surface area contributed by atoms with Crippen molar-refractivity contribution in [3.8, 4) is 6.07 Å². The summed E-state index contributed by atoms with van der Waals surface area (Å²) < 4.78 is 0. The van der Waals surface area contributed by atoms with Crippen LogP contribution in [0.1, 0.15) is 51.9 Å². The number of nitriles is 1. The van der Waals surface area contributed by atoms with Gasteiger partial charge in [0, 0.05) is 17.8 Å². The predicted octanol–water partition coefficient (Wildman–Crippen LogP) is 5.60. The van der Waals surface area contributed by atoms with Crippen molar-refractivity contribution in [3.63, 3.8) is 0 Å². The van der Waals surface area contributed by atoms with E-state index in [4.69, 9.17) is 5.26 Å². The van der Waals surface area contributed by atoms with Crippen LogP contribution in [-0.2, 0) is 0 Å². The molecule has 0 fully saturated rings. The molecule has 4 heteroatoms. The topological polar surface area (TPSA) is 66.1 Å². The van der Waals surface area contributed by atoms with E-state index in [1.165, 1.54) is 11.1 Å². The Morgan fingerprint density at radius 3 is 2.41 bits per heavy atom. The summed E-state index contributed by atoms with van der Waals surface area (Å²) in [6, 6.07) is 21.2. The van der Waals surface area contributed by atoms with E-state index in [1.807, 2.05) is 55.5 Å². The number of hydrogen-bond donors (Lipinski definition) is 0. The molecule has 27 heavy (non-hydrogen) atoms. The fourth-order valence-corrected chi connectivity index (χ4v) is 3.45. The fourth-order valence-electron chi connectivity index (χ4n) is 3.45. The number of rotatable bonds is 6. The minimum absolute atomic E-state index is 0.00937. The molecule has 0 aliphatic heterocycles. The average molecular weight is 355 g/mol. The lowest BCUT2D eigenvalue weighted by Gasteiger charge is -2.23. The Morgan fingerprint density at radius 1 is 1.04 bits per heavy atom. The van der Waals surface area contributed by atoms with Gasteiger partial charge in [-0.05, 0) is 66.8 Å². The molecule has 0 saturated carbocycles. The lowest BCUT2D eigenvalue weighted by atomic mass is 9.82. The van der Waals surface area contributed by atoms with E-state index in [0.29, 0.717) is 12.0 Å². The maximum absolute atomic E-state index is 11.7. The van der Waals surface area contributed by atoms with Crippen molar-refractivity contribution in [2.24, 2.45) is 5.18 Å². The van der Waals surface area contributed by atoms with Crippen molar-refractivity contribution < 1.29 is 0 Å². The molecule has 0 saturated heterocycles. The molecule has 0 spiro atoms. The lowest BCUT2D eigenvalue weighted by Crippen LogP contribution is -2.09. The van der Waals surface area contributed by atoms with Crippen LogP contribution in [-0.4, -0.2) is 4.98 Å². The van der Waals surface area contributed by atoms with E-state index in [1.54, 1.807) is 6.20 Å². The molecule has 0 aliphatic rings. The van der Waals surface area contributed by atoms with E-state index >= 15 is 0 Å². The summed E-state index contributed by atoms with van der Waals surface area (Å²) in [5, 5.41) is 12.5. The average Bonchev–Trinajstić information content (AvgIpc) is 2.70. The molecular weight excluding hydrogens is 334 g/mol. The van der Waals surface area contributed by atoms with Gasteiger partial charge in [0.1, 0.15) is 6.04 Å². The van der Waals surface area contributed by atoms with Gasteiger partial charge in [0.25, 0.3) is 0 Å². The fraction of sp³-hybridized carbons (Fsp3) is 0.217. The molecule has 3 aromatic rings. The zero-order valence-corrected chi connectivity index (χ0v) is 15.5. The van der Waals surface area contributed by atoms with Gasteiger partial charge in [0.2, 0.25) is 0 Å². The number of hydrogen-bond acceptors (Lipinski definition) is 4. The Kier molecular flexibility index (Phi) is 5.73. The van der Waals surface area contributed by atoms with Crippen LogP contribution in [0, 0.1) is 30.1 Å². The summed E-state index contributed by atoms with van der Waals surface area (Å²) in [6.07, 6.45) is 2.27. The maximum atomic E-state index is 11.7. The molecule has 0 N–H and O–H groups in total. The normalized spacial score (nSPS) is 12.8. The van der Waals surface area contributed by atoms with Crippen LogP contribution in [0.2, 0.25) is 0 Å². The quantitative estimate of drug-likeness (QED) is 0.541. The van der Waals surface area contributed by atoms with Gasteiger partial charge in [-0.15, -0.1) is 0 Å². The smallest absolute Gasteiger partial charge is 0.118 e. The van der Waals surface area contributed by atoms with Crippen LogP contribution < -0.4 is 0 Å². The summed E-state index contributed by atoms with van der Waals surface area (Å²) in [6.45, 7) is 3.98. The minimum Gasteiger partial charge on any atom is -0.262 e. The van der Waals surface area contributed by atoms with E-state index in [0.717, 1.165) is 16.8 Å². The number of aromatic nitrogens is 1. The SMILES string of the molecule is Cc1cc(C(CC(c2ccc(C#N)cc2)c2ccccc2C)N=O)ccn1. The number of benzene rings is 2. The number of aryl methyl sites for hydroxylation is 2. The van der Waals surface area contributed by atoms with Gasteiger partial charge < -0.3 is 0 Å². The molecule has 2 atom stereocenters. The molecule has 2 unspecified atom stereocenters. The van der Waals surface area contributed by atoms with Crippen LogP contribution in [0.15, 0.2) is 72.0 Å². The molecule has 1 heterocycles. The van der Waals surface area contributed by atoms with Crippen LogP contribution >= 0.6 is 0 Å². The maximum Gasteiger partial charge on any atom is 0.118 e. The first-order valence-electron chi connectivity index (χ1n) is 8.93. The summed E-state index contributed by atoms with van der Waals surface area (Å²) in [5.74, 6) is 0.00937. The first-order chi connectivity index (χ1) is 13.1. The highest BCUT2D eigenvalue weighted by atomic mass is 16.3. The van der Waals surface area contributed by atoms with Gasteiger partial charge in [-0.2, -0.15) is 10.2 Å². The molecule has 0 bridgehead atoms. The third kappa shape index (κ3) is 4.27. The monoisotopic (exact) mass is 355 g/mol. The van der Waals surface area contributed by atoms with Gasteiger partial charge in [-0.3, -0.25) is 4.98 Å². The Bertz CT molecular complexity index is 973. The number of nitrogens with zero attached hydrogens (tertiary/aromatic N) is 3. The second-order valence-corrected chi connectivity index (χ2v) is 6.73. The molecule has 3 rings (SSSR count). The van der Waals surface area contributed by atoms with Gasteiger partial charge in [-0.25, -0.2) is 0 Å². The van der Waals surface area contributed by atoms with Crippen molar-refractivity contribution in [1.29, 1.82) is 5.26 Å². The standard InChI is InChI=1S/C23H21N3O/c1-16-5-3-4-6-21(16)22(19-9-7-18(15-24)8-10-19)14-23(26-27)20-11-12-25-17(2)13-20/h3-13,22-23H,14H2,1-2H3. The molecule has 134 valence electrons. The lowest BCUT2D eigenvalue weighted by molar-refractivity contribution is 0.591. The van der Waals surface area contributed by atoms with Crippen LogP contribution in [0.3, 0.4) is 0 Å². The second kappa shape index (κ2) is 8.37. The van der Waals surface area contributed by atoms with Crippen molar-refractivity contribution in [1.82, 2.24) is 4.98 Å². The van der Waals surface area contributed by atoms with Crippen LogP contribution in [0.4, 0.5) is 0 Å². The molecule has 0 amide bonds. The van der Waals surface area contributed by atoms with E-state index < -0.39 is 6.04 Å². The first kappa shape index (κ1) is 18.5. The first-order valence-corrected chi connectivity index (χ1v) is 8.93. The molecule has 2 aromatic carbocycles. The molecule has 1 aromatic heterocycles. The molecule has 0 aliphatic carbocycles. The second-order valence-electron chi connectivity index (χ2n) is 6.73. The Hall–Kier alpha value is -3.32. The van der Waals surface area contributed by atoms with E-state index in [9.17, 15) is 4.91 Å². The molecular formula is C23H21N3O. The van der Waals surface area contributed by atoms with Crippen molar-refractivity contribution >= 4 is 0 Å². The van der Waals surface area contributed by atoms with E-state index in [2.05, 4.69) is 35.3 Å². The molecule has 4 nitrogen and oxygen atoms in total. The third-order valence-corrected chi connectivity index (χ3v) is 4.90. The largest absolute Gasteiger partial charge is 0.262 e. The zero-order valence-electron chi connectivity index (χ0n) is 15.5. The minimum atomic E-state index is -0.466. The predicted molar refractivity (Wildman–Crippen MR) is 106 cm³/mol. The van der Waals surface area contributed by atoms with Gasteiger partial charge in [0.15, 0.2) is 0 Å². The number of nitroso groups, excluding NO2 is 1. The highest BCUT2D eigenvalue weighted by molar-refractivity contribution is 5.41. The summed E-state index contributed by atoms with van der Waals surface area (Å²) >= 11 is 0. The highest BCUT2D eigenvalue weighted by Crippen LogP contribution is 2.37. The Labute approximate surface area is 159 Å². The highest BCUT2D eigenvalue weighted by Gasteiger charge is 2.23. The number of pyridine rings is 1. The van der Waals surface area contributed by atoms with Crippen molar-refractivity contribution in [2.75, 3.05) is 0 Å². The van der Waals surface area contributed by atoms with Crippen LogP contribution in [0.25, 0.3) is 0 Å². The summed E-state index contributed by atoms with van der Waals surface area (Å²) in [7, 11) is 0. The van der Waals surface area contributed by atoms with Gasteiger partial charge in [0.05, 0.1) is 11.6 Å². The Balaban J connectivity index is 2.02. The summed E-state index contributed by atoms with van der Waals surface area (Å²) in [4.78, 5) is 15.9. The van der Waals surface area contributed by atoms with E-state index in [-0.39, 0.29) is 5.92 Å². The van der Waals surface area contributed by atoms with Gasteiger partial charge in [-0.1, -0.05) is 41.6 Å². The summed E-state index contributed by atoms with van der Waals surface area (Å²) in [5.41, 5.74) is 5.78.